The van der Waals surface area contributed by atoms with Crippen LogP contribution < -0.4 is 5.32 Å². The average molecular weight is 522 g/mol. The number of aromatic nitrogens is 5. The van der Waals surface area contributed by atoms with E-state index in [4.69, 9.17) is 16.3 Å². The Morgan fingerprint density at radius 3 is 2.78 bits per heavy atom. The van der Waals surface area contributed by atoms with Crippen molar-refractivity contribution < 1.29 is 14.6 Å². The summed E-state index contributed by atoms with van der Waals surface area (Å²) in [4.78, 5) is 24.3. The van der Waals surface area contributed by atoms with Gasteiger partial charge in [-0.2, -0.15) is 5.10 Å². The van der Waals surface area contributed by atoms with Crippen LogP contribution in [-0.2, 0) is 31.5 Å². The fourth-order valence-electron chi connectivity index (χ4n) is 4.64. The molecule has 0 saturated heterocycles. The van der Waals surface area contributed by atoms with E-state index in [-0.39, 0.29) is 18.6 Å². The van der Waals surface area contributed by atoms with Crippen LogP contribution in [0.4, 0.5) is 11.6 Å². The van der Waals surface area contributed by atoms with Crippen molar-refractivity contribution in [3.05, 3.63) is 76.6 Å². The van der Waals surface area contributed by atoms with Gasteiger partial charge in [0.05, 0.1) is 30.5 Å². The Kier molecular flexibility index (Phi) is 6.96. The molecule has 0 spiro atoms. The van der Waals surface area contributed by atoms with Crippen LogP contribution >= 0.6 is 11.6 Å². The van der Waals surface area contributed by atoms with Gasteiger partial charge in [0, 0.05) is 68.7 Å². The Morgan fingerprint density at radius 2 is 2.05 bits per heavy atom. The van der Waals surface area contributed by atoms with Gasteiger partial charge in [0.25, 0.3) is 5.91 Å². The number of ether oxygens (including phenoxy) is 1. The number of hydrogen-bond acceptors (Lipinski definition) is 7. The molecule has 1 atom stereocenters. The maximum Gasteiger partial charge on any atom is 0.271 e. The number of halogens is 1. The molecular formula is C26H28ClN7O3. The minimum Gasteiger partial charge on any atom is -0.392 e. The number of methoxy groups -OCH3 is 1. The Labute approximate surface area is 219 Å². The van der Waals surface area contributed by atoms with Crippen molar-refractivity contribution in [2.75, 3.05) is 19.0 Å². The molecular weight excluding hydrogens is 494 g/mol. The number of amides is 1. The zero-order chi connectivity index (χ0) is 26.1. The second-order valence-corrected chi connectivity index (χ2v) is 9.48. The summed E-state index contributed by atoms with van der Waals surface area (Å²) in [6.45, 7) is 3.02. The highest BCUT2D eigenvalue weighted by molar-refractivity contribution is 6.33. The van der Waals surface area contributed by atoms with Crippen molar-refractivity contribution in [2.24, 2.45) is 7.05 Å². The largest absolute Gasteiger partial charge is 0.392 e. The maximum atomic E-state index is 13.7. The molecule has 2 N–H and O–H groups in total. The second kappa shape index (κ2) is 10.3. The molecule has 1 amide bonds. The van der Waals surface area contributed by atoms with Crippen LogP contribution in [-0.4, -0.2) is 60.0 Å². The fraction of sp³-hybridized carbons (Fsp3) is 0.308. The van der Waals surface area contributed by atoms with Gasteiger partial charge in [-0.1, -0.05) is 11.6 Å². The first-order chi connectivity index (χ1) is 17.9. The first-order valence-corrected chi connectivity index (χ1v) is 12.2. The topological polar surface area (TPSA) is 110 Å². The van der Waals surface area contributed by atoms with Crippen LogP contribution in [0.1, 0.15) is 27.3 Å². The van der Waals surface area contributed by atoms with E-state index in [9.17, 15) is 9.90 Å². The van der Waals surface area contributed by atoms with Gasteiger partial charge in [-0.15, -0.1) is 0 Å². The fourth-order valence-corrected chi connectivity index (χ4v) is 4.85. The van der Waals surface area contributed by atoms with Gasteiger partial charge in [0.15, 0.2) is 0 Å². The summed E-state index contributed by atoms with van der Waals surface area (Å²) < 4.78 is 9.12. The van der Waals surface area contributed by atoms with E-state index >= 15 is 0 Å². The number of nitrogens with one attached hydrogen (secondary N) is 1. The molecule has 1 aliphatic heterocycles. The van der Waals surface area contributed by atoms with Crippen LogP contribution in [0.15, 0.2) is 49.1 Å². The van der Waals surface area contributed by atoms with E-state index in [0.717, 1.165) is 33.8 Å². The quantitative estimate of drug-likeness (QED) is 0.365. The summed E-state index contributed by atoms with van der Waals surface area (Å²) in [5.74, 6) is 1.28. The van der Waals surface area contributed by atoms with E-state index in [0.29, 0.717) is 36.2 Å². The van der Waals surface area contributed by atoms with Gasteiger partial charge in [0.1, 0.15) is 17.3 Å². The zero-order valence-electron chi connectivity index (χ0n) is 20.8. The number of rotatable bonds is 8. The molecule has 0 aliphatic carbocycles. The predicted molar refractivity (Wildman–Crippen MR) is 140 cm³/mol. The summed E-state index contributed by atoms with van der Waals surface area (Å²) in [6.07, 6.45) is 6.96. The second-order valence-electron chi connectivity index (χ2n) is 9.08. The average Bonchev–Trinajstić information content (AvgIpc) is 3.49. The van der Waals surface area contributed by atoms with Crippen molar-refractivity contribution >= 4 is 29.1 Å². The molecule has 5 heterocycles. The van der Waals surface area contributed by atoms with Crippen LogP contribution in [0.25, 0.3) is 11.1 Å². The monoisotopic (exact) mass is 521 g/mol. The predicted octanol–water partition coefficient (Wildman–Crippen LogP) is 3.55. The van der Waals surface area contributed by atoms with Crippen LogP contribution in [0.5, 0.6) is 0 Å². The third-order valence-electron chi connectivity index (χ3n) is 6.56. The molecule has 37 heavy (non-hydrogen) atoms. The minimum atomic E-state index is -0.187. The van der Waals surface area contributed by atoms with Crippen molar-refractivity contribution in [3.63, 3.8) is 0 Å². The van der Waals surface area contributed by atoms with Gasteiger partial charge in [0.2, 0.25) is 0 Å². The molecule has 0 bridgehead atoms. The molecule has 4 aromatic heterocycles. The first kappa shape index (κ1) is 24.9. The Balaban J connectivity index is 1.47. The molecule has 5 rings (SSSR count). The number of nitrogens with zero attached hydrogens (tertiary/aromatic N) is 6. The van der Waals surface area contributed by atoms with E-state index < -0.39 is 0 Å². The highest BCUT2D eigenvalue weighted by Gasteiger charge is 2.34. The van der Waals surface area contributed by atoms with Crippen LogP contribution in [0, 0.1) is 6.92 Å². The molecule has 10 nitrogen and oxygen atoms in total. The number of anilines is 2. The number of pyridine rings is 2. The molecule has 0 fully saturated rings. The van der Waals surface area contributed by atoms with Gasteiger partial charge >= 0.3 is 0 Å². The number of fused-ring (bicyclic) bond motifs is 1. The SMILES string of the molecule is COCC1Cn2cc(-c3cc(Nc4ccnn4C)ncc3Cl)cc2C(=O)N1Cc1cnc(C)cc1CO. The number of aliphatic hydroxyl groups excluding tert-OH is 1. The van der Waals surface area contributed by atoms with E-state index in [1.54, 1.807) is 35.3 Å². The lowest BCUT2D eigenvalue weighted by atomic mass is 10.1. The van der Waals surface area contributed by atoms with Crippen molar-refractivity contribution in [2.45, 2.75) is 32.7 Å². The third kappa shape index (κ3) is 4.95. The summed E-state index contributed by atoms with van der Waals surface area (Å²) >= 11 is 6.54. The summed E-state index contributed by atoms with van der Waals surface area (Å²) in [6, 6.07) is 7.22. The lowest BCUT2D eigenvalue weighted by Gasteiger charge is -2.36. The van der Waals surface area contributed by atoms with Gasteiger partial charge in [-0.05, 0) is 36.2 Å². The molecule has 0 aromatic carbocycles. The smallest absolute Gasteiger partial charge is 0.271 e. The van der Waals surface area contributed by atoms with E-state index in [2.05, 4.69) is 20.4 Å². The highest BCUT2D eigenvalue weighted by atomic mass is 35.5. The highest BCUT2D eigenvalue weighted by Crippen LogP contribution is 2.34. The minimum absolute atomic E-state index is 0.119. The van der Waals surface area contributed by atoms with Crippen molar-refractivity contribution in [1.29, 1.82) is 0 Å². The van der Waals surface area contributed by atoms with Crippen LogP contribution in [0.2, 0.25) is 5.02 Å². The lowest BCUT2D eigenvalue weighted by Crippen LogP contribution is -2.49. The standard InChI is InChI=1S/C26H28ClN7O3/c1-16-6-18(14-35)19(9-28-16)12-34-20(15-37-3)13-33-11-17(7-23(33)26(34)36)21-8-24(29-10-22(21)27)31-25-4-5-30-32(25)2/h4-11,20,35H,12-15H2,1-3H3,(H,29,31). The van der Waals surface area contributed by atoms with Crippen LogP contribution in [0.3, 0.4) is 0 Å². The summed E-state index contributed by atoms with van der Waals surface area (Å²) in [7, 11) is 3.46. The Hall–Kier alpha value is -3.73. The van der Waals surface area contributed by atoms with Crippen molar-refractivity contribution in [1.82, 2.24) is 29.2 Å². The molecule has 192 valence electrons. The maximum absolute atomic E-state index is 13.7. The molecule has 1 unspecified atom stereocenters. The van der Waals surface area contributed by atoms with E-state index in [1.807, 2.05) is 49.0 Å². The number of hydrogen-bond donors (Lipinski definition) is 2. The van der Waals surface area contributed by atoms with Gasteiger partial charge in [-0.3, -0.25) is 14.5 Å². The summed E-state index contributed by atoms with van der Waals surface area (Å²) in [5.41, 5.74) is 4.52. The normalized spacial score (nSPS) is 15.2. The number of aryl methyl sites for hydroxylation is 2. The van der Waals surface area contributed by atoms with E-state index in [1.165, 1.54) is 0 Å². The lowest BCUT2D eigenvalue weighted by molar-refractivity contribution is 0.0386. The molecule has 0 saturated carbocycles. The van der Waals surface area contributed by atoms with Gasteiger partial charge < -0.3 is 24.6 Å². The Bertz CT molecular complexity index is 1450. The number of carbonyl (C=O) groups excluding carboxylic acids is 1. The summed E-state index contributed by atoms with van der Waals surface area (Å²) in [5, 5.41) is 17.7. The molecule has 0 radical (unpaired) electrons. The Morgan fingerprint density at radius 1 is 1.22 bits per heavy atom. The molecule has 4 aromatic rings. The van der Waals surface area contributed by atoms with Crippen molar-refractivity contribution in [3.8, 4) is 11.1 Å². The molecule has 1 aliphatic rings. The number of aliphatic hydroxyl groups is 1. The third-order valence-corrected chi connectivity index (χ3v) is 6.86. The van der Waals surface area contributed by atoms with Gasteiger partial charge in [-0.25, -0.2) is 4.98 Å². The number of carbonyl (C=O) groups is 1. The zero-order valence-corrected chi connectivity index (χ0v) is 21.6. The molecule has 11 heteroatoms. The first-order valence-electron chi connectivity index (χ1n) is 11.8.